The summed E-state index contributed by atoms with van der Waals surface area (Å²) in [6.07, 6.45) is 0.333. The molecular formula is C10H10N2O. The molecule has 66 valence electrons. The quantitative estimate of drug-likeness (QED) is 0.686. The van der Waals surface area contributed by atoms with Gasteiger partial charge in [0.25, 0.3) is 0 Å². The number of Topliss-reactive ketones (excluding diaryl/α,β-unsaturated/α-hetero) is 1. The molecule has 0 heterocycles. The number of hydrogen-bond donors (Lipinski definition) is 1. The Morgan fingerprint density at radius 1 is 1.54 bits per heavy atom. The van der Waals surface area contributed by atoms with Crippen molar-refractivity contribution in [1.82, 2.24) is 0 Å². The Labute approximate surface area is 76.8 Å². The van der Waals surface area contributed by atoms with Gasteiger partial charge in [-0.1, -0.05) is 0 Å². The summed E-state index contributed by atoms with van der Waals surface area (Å²) in [5.41, 5.74) is 7.36. The molecule has 3 heteroatoms. The van der Waals surface area contributed by atoms with Gasteiger partial charge in [-0.15, -0.1) is 0 Å². The molecule has 0 saturated heterocycles. The normalized spacial score (nSPS) is 9.23. The molecule has 13 heavy (non-hydrogen) atoms. The van der Waals surface area contributed by atoms with Gasteiger partial charge in [0, 0.05) is 12.1 Å². The lowest BCUT2D eigenvalue weighted by Crippen LogP contribution is -1.98. The van der Waals surface area contributed by atoms with E-state index in [4.69, 9.17) is 11.0 Å². The number of anilines is 1. The first-order valence-corrected chi connectivity index (χ1v) is 3.91. The van der Waals surface area contributed by atoms with Crippen LogP contribution in [0.5, 0.6) is 0 Å². The van der Waals surface area contributed by atoms with Gasteiger partial charge < -0.3 is 5.73 Å². The molecule has 0 unspecified atom stereocenters. The Hall–Kier alpha value is -1.82. The highest BCUT2D eigenvalue weighted by Gasteiger charge is 2.00. The summed E-state index contributed by atoms with van der Waals surface area (Å²) < 4.78 is 0. The monoisotopic (exact) mass is 174 g/mol. The van der Waals surface area contributed by atoms with E-state index < -0.39 is 0 Å². The molecule has 0 aromatic heterocycles. The molecule has 0 fully saturated rings. The van der Waals surface area contributed by atoms with Crippen LogP contribution in [0.4, 0.5) is 5.69 Å². The van der Waals surface area contributed by atoms with Crippen LogP contribution >= 0.6 is 0 Å². The Morgan fingerprint density at radius 3 is 2.77 bits per heavy atom. The molecular weight excluding hydrogens is 164 g/mol. The van der Waals surface area contributed by atoms with Crippen molar-refractivity contribution < 1.29 is 4.79 Å². The third-order valence-corrected chi connectivity index (χ3v) is 1.60. The van der Waals surface area contributed by atoms with Gasteiger partial charge in [-0.25, -0.2) is 0 Å². The Kier molecular flexibility index (Phi) is 2.65. The van der Waals surface area contributed by atoms with Gasteiger partial charge in [-0.05, 0) is 30.7 Å². The fourth-order valence-corrected chi connectivity index (χ4v) is 1.17. The largest absolute Gasteiger partial charge is 0.399 e. The third-order valence-electron chi connectivity index (χ3n) is 1.60. The molecule has 0 amide bonds. The van der Waals surface area contributed by atoms with E-state index in [-0.39, 0.29) is 5.78 Å². The SMILES string of the molecule is CC(=O)Cc1cc(N)cc(C#N)c1. The molecule has 1 aromatic rings. The predicted molar refractivity (Wildman–Crippen MR) is 50.0 cm³/mol. The van der Waals surface area contributed by atoms with Gasteiger partial charge in [-0.3, -0.25) is 4.79 Å². The average Bonchev–Trinajstić information content (AvgIpc) is 2.01. The Morgan fingerprint density at radius 2 is 2.23 bits per heavy atom. The van der Waals surface area contributed by atoms with Crippen molar-refractivity contribution in [3.05, 3.63) is 29.3 Å². The van der Waals surface area contributed by atoms with Gasteiger partial charge in [-0.2, -0.15) is 5.26 Å². The average molecular weight is 174 g/mol. The first kappa shape index (κ1) is 9.27. The van der Waals surface area contributed by atoms with E-state index in [1.807, 2.05) is 6.07 Å². The highest BCUT2D eigenvalue weighted by atomic mass is 16.1. The molecule has 1 rings (SSSR count). The van der Waals surface area contributed by atoms with E-state index in [1.165, 1.54) is 6.92 Å². The predicted octanol–water partition coefficient (Wildman–Crippen LogP) is 1.27. The number of nitriles is 1. The van der Waals surface area contributed by atoms with E-state index in [0.29, 0.717) is 17.7 Å². The lowest BCUT2D eigenvalue weighted by molar-refractivity contribution is -0.116. The topological polar surface area (TPSA) is 66.9 Å². The minimum Gasteiger partial charge on any atom is -0.399 e. The van der Waals surface area contributed by atoms with Crippen LogP contribution in [0.3, 0.4) is 0 Å². The number of ketones is 1. The number of nitrogens with zero attached hydrogens (tertiary/aromatic N) is 1. The van der Waals surface area contributed by atoms with E-state index in [2.05, 4.69) is 0 Å². The number of carbonyl (C=O) groups is 1. The fraction of sp³-hybridized carbons (Fsp3) is 0.200. The molecule has 0 saturated carbocycles. The highest BCUT2D eigenvalue weighted by molar-refractivity contribution is 5.78. The summed E-state index contributed by atoms with van der Waals surface area (Å²) in [5.74, 6) is 0.0643. The van der Waals surface area contributed by atoms with Crippen LogP contribution in [0.1, 0.15) is 18.1 Å². The molecule has 0 atom stereocenters. The molecule has 2 N–H and O–H groups in total. The lowest BCUT2D eigenvalue weighted by Gasteiger charge is -2.00. The number of hydrogen-bond acceptors (Lipinski definition) is 3. The van der Waals surface area contributed by atoms with Crippen LogP contribution in [0.2, 0.25) is 0 Å². The number of nitrogens with two attached hydrogens (primary N) is 1. The zero-order valence-electron chi connectivity index (χ0n) is 7.37. The number of nitrogen functional groups attached to an aromatic ring is 1. The fourth-order valence-electron chi connectivity index (χ4n) is 1.17. The minimum absolute atomic E-state index is 0.0643. The van der Waals surface area contributed by atoms with Crippen molar-refractivity contribution in [2.24, 2.45) is 0 Å². The maximum absolute atomic E-state index is 10.8. The summed E-state index contributed by atoms with van der Waals surface area (Å²) in [4.78, 5) is 10.8. The van der Waals surface area contributed by atoms with Crippen LogP contribution in [-0.4, -0.2) is 5.78 Å². The summed E-state index contributed by atoms with van der Waals surface area (Å²) in [6.45, 7) is 1.51. The summed E-state index contributed by atoms with van der Waals surface area (Å²) >= 11 is 0. The van der Waals surface area contributed by atoms with Crippen molar-refractivity contribution >= 4 is 11.5 Å². The van der Waals surface area contributed by atoms with Crippen molar-refractivity contribution in [3.8, 4) is 6.07 Å². The smallest absolute Gasteiger partial charge is 0.134 e. The highest BCUT2D eigenvalue weighted by Crippen LogP contribution is 2.11. The molecule has 0 aliphatic rings. The number of carbonyl (C=O) groups excluding carboxylic acids is 1. The van der Waals surface area contributed by atoms with Gasteiger partial charge in [0.15, 0.2) is 0 Å². The van der Waals surface area contributed by atoms with Gasteiger partial charge in [0.2, 0.25) is 0 Å². The molecule has 0 radical (unpaired) electrons. The van der Waals surface area contributed by atoms with Crippen LogP contribution in [-0.2, 0) is 11.2 Å². The van der Waals surface area contributed by atoms with Crippen molar-refractivity contribution in [3.63, 3.8) is 0 Å². The second kappa shape index (κ2) is 3.72. The van der Waals surface area contributed by atoms with E-state index in [1.54, 1.807) is 18.2 Å². The molecule has 0 aliphatic heterocycles. The molecule has 0 aliphatic carbocycles. The zero-order chi connectivity index (χ0) is 9.84. The summed E-state index contributed by atoms with van der Waals surface area (Å²) in [7, 11) is 0. The van der Waals surface area contributed by atoms with Crippen LogP contribution in [0, 0.1) is 11.3 Å². The van der Waals surface area contributed by atoms with Crippen LogP contribution in [0.15, 0.2) is 18.2 Å². The third kappa shape index (κ3) is 2.60. The van der Waals surface area contributed by atoms with Crippen molar-refractivity contribution in [2.75, 3.05) is 5.73 Å². The van der Waals surface area contributed by atoms with Gasteiger partial charge in [0.05, 0.1) is 11.6 Å². The zero-order valence-corrected chi connectivity index (χ0v) is 7.37. The molecule has 0 spiro atoms. The standard InChI is InChI=1S/C10H10N2O/c1-7(13)2-8-3-9(6-11)5-10(12)4-8/h3-5H,2,12H2,1H3. The minimum atomic E-state index is 0.0643. The maximum Gasteiger partial charge on any atom is 0.134 e. The number of rotatable bonds is 2. The lowest BCUT2D eigenvalue weighted by atomic mass is 10.1. The second-order valence-corrected chi connectivity index (χ2v) is 2.95. The maximum atomic E-state index is 10.8. The number of benzene rings is 1. The summed E-state index contributed by atoms with van der Waals surface area (Å²) in [6, 6.07) is 6.97. The summed E-state index contributed by atoms with van der Waals surface area (Å²) in [5, 5.41) is 8.63. The Balaban J connectivity index is 3.03. The molecule has 0 bridgehead atoms. The second-order valence-electron chi connectivity index (χ2n) is 2.95. The first-order valence-electron chi connectivity index (χ1n) is 3.91. The van der Waals surface area contributed by atoms with Crippen LogP contribution in [0.25, 0.3) is 0 Å². The van der Waals surface area contributed by atoms with E-state index >= 15 is 0 Å². The van der Waals surface area contributed by atoms with E-state index in [0.717, 1.165) is 5.56 Å². The van der Waals surface area contributed by atoms with Crippen molar-refractivity contribution in [1.29, 1.82) is 5.26 Å². The van der Waals surface area contributed by atoms with Gasteiger partial charge in [0.1, 0.15) is 5.78 Å². The van der Waals surface area contributed by atoms with Gasteiger partial charge >= 0.3 is 0 Å². The molecule has 3 nitrogen and oxygen atoms in total. The first-order chi connectivity index (χ1) is 6.11. The van der Waals surface area contributed by atoms with Crippen molar-refractivity contribution in [2.45, 2.75) is 13.3 Å². The molecule has 1 aromatic carbocycles. The van der Waals surface area contributed by atoms with Crippen LogP contribution < -0.4 is 5.73 Å². The Bertz CT molecular complexity index is 377. The van der Waals surface area contributed by atoms with E-state index in [9.17, 15) is 4.79 Å².